The quantitative estimate of drug-likeness (QED) is 0.368. The molecule has 1 aliphatic heterocycles. The highest BCUT2D eigenvalue weighted by Gasteiger charge is 2.42. The molecule has 8 nitrogen and oxygen atoms in total. The van der Waals surface area contributed by atoms with Crippen molar-refractivity contribution in [2.75, 3.05) is 0 Å². The van der Waals surface area contributed by atoms with Crippen molar-refractivity contribution in [3.05, 3.63) is 81.9 Å². The number of rotatable bonds is 4. The van der Waals surface area contributed by atoms with Crippen molar-refractivity contribution in [2.24, 2.45) is 0 Å². The number of aliphatic carboxylic acids is 1. The summed E-state index contributed by atoms with van der Waals surface area (Å²) in [5.41, 5.74) is 1.55. The van der Waals surface area contributed by atoms with Crippen LogP contribution in [0.3, 0.4) is 0 Å². The maximum Gasteiger partial charge on any atom is 0.326 e. The van der Waals surface area contributed by atoms with Gasteiger partial charge in [-0.2, -0.15) is 0 Å². The fraction of sp³-hybridized carbons (Fsp3) is 0.167. The molecular weight excluding hydrogens is 450 g/mol. The molecular formula is C24H20ClNO7. The lowest BCUT2D eigenvalue weighted by molar-refractivity contribution is -0.143. The van der Waals surface area contributed by atoms with Crippen LogP contribution in [0.4, 0.5) is 0 Å². The molecule has 0 saturated carbocycles. The molecule has 5 N–H and O–H groups in total. The van der Waals surface area contributed by atoms with E-state index in [1.54, 1.807) is 12.1 Å². The van der Waals surface area contributed by atoms with E-state index in [1.165, 1.54) is 47.4 Å². The maximum atomic E-state index is 13.6. The number of hydrogen-bond donors (Lipinski definition) is 5. The summed E-state index contributed by atoms with van der Waals surface area (Å²) < 4.78 is 0. The number of carbonyl (C=O) groups is 2. The summed E-state index contributed by atoms with van der Waals surface area (Å²) in [5, 5.41) is 49.8. The second kappa shape index (κ2) is 8.55. The fourth-order valence-corrected chi connectivity index (χ4v) is 4.40. The van der Waals surface area contributed by atoms with Gasteiger partial charge in [0.05, 0.1) is 16.6 Å². The zero-order valence-corrected chi connectivity index (χ0v) is 17.9. The fourth-order valence-electron chi connectivity index (χ4n) is 4.19. The van der Waals surface area contributed by atoms with Gasteiger partial charge in [0.2, 0.25) is 0 Å². The molecule has 9 heteroatoms. The van der Waals surface area contributed by atoms with Crippen molar-refractivity contribution in [2.45, 2.75) is 24.9 Å². The molecule has 0 spiro atoms. The molecule has 0 aromatic heterocycles. The molecule has 0 saturated heterocycles. The van der Waals surface area contributed by atoms with Crippen LogP contribution < -0.4 is 0 Å². The van der Waals surface area contributed by atoms with Crippen molar-refractivity contribution in [3.8, 4) is 23.0 Å². The summed E-state index contributed by atoms with van der Waals surface area (Å²) in [6.07, 6.45) is -0.0307. The van der Waals surface area contributed by atoms with Crippen LogP contribution in [0.1, 0.15) is 33.1 Å². The molecule has 0 bridgehead atoms. The lowest BCUT2D eigenvalue weighted by atomic mass is 9.84. The van der Waals surface area contributed by atoms with Crippen LogP contribution >= 0.6 is 11.6 Å². The van der Waals surface area contributed by atoms with Crippen molar-refractivity contribution in [1.29, 1.82) is 0 Å². The Morgan fingerprint density at radius 1 is 0.909 bits per heavy atom. The topological polar surface area (TPSA) is 139 Å². The van der Waals surface area contributed by atoms with Crippen LogP contribution in [-0.2, 0) is 17.6 Å². The van der Waals surface area contributed by atoms with Gasteiger partial charge >= 0.3 is 5.97 Å². The monoisotopic (exact) mass is 469 g/mol. The van der Waals surface area contributed by atoms with Gasteiger partial charge in [0.1, 0.15) is 6.04 Å². The van der Waals surface area contributed by atoms with Crippen molar-refractivity contribution in [3.63, 3.8) is 0 Å². The van der Waals surface area contributed by atoms with Gasteiger partial charge in [-0.15, -0.1) is 0 Å². The van der Waals surface area contributed by atoms with Crippen LogP contribution in [0.5, 0.6) is 23.0 Å². The molecule has 1 amide bonds. The van der Waals surface area contributed by atoms with Gasteiger partial charge in [-0.05, 0) is 59.5 Å². The second-order valence-corrected chi connectivity index (χ2v) is 8.24. The van der Waals surface area contributed by atoms with E-state index in [9.17, 15) is 35.1 Å². The molecule has 3 aromatic rings. The average molecular weight is 470 g/mol. The van der Waals surface area contributed by atoms with E-state index in [2.05, 4.69) is 0 Å². The first-order chi connectivity index (χ1) is 15.7. The van der Waals surface area contributed by atoms with Gasteiger partial charge < -0.3 is 30.4 Å². The predicted molar refractivity (Wildman–Crippen MR) is 119 cm³/mol. The number of amides is 1. The van der Waals surface area contributed by atoms with Gasteiger partial charge in [0, 0.05) is 6.42 Å². The lowest BCUT2D eigenvalue weighted by Crippen LogP contribution is -2.51. The Kier molecular flexibility index (Phi) is 5.78. The highest BCUT2D eigenvalue weighted by molar-refractivity contribution is 6.33. The second-order valence-electron chi connectivity index (χ2n) is 7.83. The molecule has 0 unspecified atom stereocenters. The maximum absolute atomic E-state index is 13.6. The summed E-state index contributed by atoms with van der Waals surface area (Å²) in [6.45, 7) is 0. The number of carboxylic acid groups (broad SMARTS) is 1. The molecule has 3 aromatic carbocycles. The number of carboxylic acids is 1. The number of halogens is 1. The van der Waals surface area contributed by atoms with Crippen molar-refractivity contribution < 1.29 is 35.1 Å². The Hall–Kier alpha value is -3.91. The summed E-state index contributed by atoms with van der Waals surface area (Å²) in [6, 6.07) is 10.9. The third kappa shape index (κ3) is 4.12. The molecule has 1 aliphatic rings. The van der Waals surface area contributed by atoms with E-state index in [4.69, 9.17) is 11.6 Å². The number of hydrogen-bond acceptors (Lipinski definition) is 6. The Morgan fingerprint density at radius 3 is 2.24 bits per heavy atom. The van der Waals surface area contributed by atoms with E-state index in [-0.39, 0.29) is 34.9 Å². The van der Waals surface area contributed by atoms with Gasteiger partial charge in [-0.3, -0.25) is 4.79 Å². The third-order valence-electron chi connectivity index (χ3n) is 5.77. The first-order valence-electron chi connectivity index (χ1n) is 10.0. The molecule has 0 fully saturated rings. The number of benzene rings is 3. The summed E-state index contributed by atoms with van der Waals surface area (Å²) >= 11 is 6.23. The standard InChI is InChI=1S/C24H20ClNO7/c25-16-4-2-1-3-14(16)23(31)26-17(7-12-5-6-19(27)20(28)8-12)15-11-22(30)21(29)10-13(15)9-18(26)24(32)33/h1-6,8,10-11,17-18,27-30H,7,9H2,(H,32,33)/t17-,18-/m0/s1. The first-order valence-corrected chi connectivity index (χ1v) is 10.4. The van der Waals surface area contributed by atoms with Gasteiger partial charge in [0.25, 0.3) is 5.91 Å². The lowest BCUT2D eigenvalue weighted by Gasteiger charge is -2.42. The normalized spacial score (nSPS) is 17.4. The Balaban J connectivity index is 1.89. The number of fused-ring (bicyclic) bond motifs is 1. The minimum Gasteiger partial charge on any atom is -0.504 e. The summed E-state index contributed by atoms with van der Waals surface area (Å²) in [4.78, 5) is 27.0. The Bertz CT molecular complexity index is 1260. The molecule has 0 aliphatic carbocycles. The molecule has 1 heterocycles. The number of carbonyl (C=O) groups excluding carboxylic acids is 1. The Labute approximate surface area is 193 Å². The smallest absolute Gasteiger partial charge is 0.326 e. The van der Waals surface area contributed by atoms with Crippen LogP contribution in [0.15, 0.2) is 54.6 Å². The Morgan fingerprint density at radius 2 is 1.58 bits per heavy atom. The minimum absolute atomic E-state index is 0.0605. The molecule has 0 radical (unpaired) electrons. The van der Waals surface area contributed by atoms with E-state index in [0.717, 1.165) is 0 Å². The van der Waals surface area contributed by atoms with Crippen LogP contribution in [0, 0.1) is 0 Å². The van der Waals surface area contributed by atoms with Crippen LogP contribution in [0.2, 0.25) is 5.02 Å². The zero-order valence-electron chi connectivity index (χ0n) is 17.1. The highest BCUT2D eigenvalue weighted by Crippen LogP contribution is 2.42. The van der Waals surface area contributed by atoms with E-state index < -0.39 is 35.5 Å². The van der Waals surface area contributed by atoms with Crippen molar-refractivity contribution >= 4 is 23.5 Å². The van der Waals surface area contributed by atoms with Gasteiger partial charge in [0.15, 0.2) is 23.0 Å². The van der Waals surface area contributed by atoms with Crippen LogP contribution in [0.25, 0.3) is 0 Å². The highest BCUT2D eigenvalue weighted by atomic mass is 35.5. The number of aromatic hydroxyl groups is 4. The zero-order chi connectivity index (χ0) is 23.9. The molecule has 2 atom stereocenters. The molecule has 170 valence electrons. The first kappa shape index (κ1) is 22.3. The number of phenolic OH excluding ortho intramolecular Hbond substituents is 4. The number of nitrogens with zero attached hydrogens (tertiary/aromatic N) is 1. The van der Waals surface area contributed by atoms with E-state index >= 15 is 0 Å². The SMILES string of the molecule is O=C(O)[C@@H]1Cc2cc(O)c(O)cc2[C@H](Cc2ccc(O)c(O)c2)N1C(=O)c1ccccc1Cl. The average Bonchev–Trinajstić information content (AvgIpc) is 2.77. The minimum atomic E-state index is -1.28. The van der Waals surface area contributed by atoms with E-state index in [0.29, 0.717) is 16.7 Å². The van der Waals surface area contributed by atoms with Crippen molar-refractivity contribution in [1.82, 2.24) is 4.90 Å². The summed E-state index contributed by atoms with van der Waals surface area (Å²) in [5.74, 6) is -3.35. The largest absolute Gasteiger partial charge is 0.504 e. The van der Waals surface area contributed by atoms with Crippen LogP contribution in [-0.4, -0.2) is 48.4 Å². The third-order valence-corrected chi connectivity index (χ3v) is 6.10. The summed E-state index contributed by atoms with van der Waals surface area (Å²) in [7, 11) is 0. The predicted octanol–water partition coefficient (Wildman–Crippen LogP) is 3.60. The van der Waals surface area contributed by atoms with Gasteiger partial charge in [-0.1, -0.05) is 29.8 Å². The van der Waals surface area contributed by atoms with E-state index in [1.807, 2.05) is 0 Å². The molecule has 33 heavy (non-hydrogen) atoms. The number of phenols is 4. The van der Waals surface area contributed by atoms with Gasteiger partial charge in [-0.25, -0.2) is 4.79 Å². The molecule has 4 rings (SSSR count).